The minimum atomic E-state index is -1.31. The molecule has 60 valence electrons. The highest BCUT2D eigenvalue weighted by Crippen LogP contribution is 2.31. The first-order chi connectivity index (χ1) is 5.04. The molecule has 0 spiro atoms. The molecule has 0 amide bonds. The number of halogens is 2. The number of carboxylic acid groups (broad SMARTS) is 1. The van der Waals surface area contributed by atoms with Gasteiger partial charge in [0, 0.05) is 5.56 Å². The molecule has 11 heavy (non-hydrogen) atoms. The maximum absolute atomic E-state index is 10.3. The van der Waals surface area contributed by atoms with Crippen LogP contribution in [-0.2, 0) is 0 Å². The molecule has 1 heterocycles. The van der Waals surface area contributed by atoms with Crippen LogP contribution >= 0.6 is 31.9 Å². The lowest BCUT2D eigenvalue weighted by molar-refractivity contribution is -0.257. The molecule has 0 N–H and O–H groups in total. The first-order valence-electron chi connectivity index (χ1n) is 2.69. The van der Waals surface area contributed by atoms with Gasteiger partial charge in [0.1, 0.15) is 5.97 Å². The van der Waals surface area contributed by atoms with E-state index in [1.54, 1.807) is 6.92 Å². The summed E-state index contributed by atoms with van der Waals surface area (Å²) in [7, 11) is 0. The van der Waals surface area contributed by atoms with Crippen molar-refractivity contribution in [1.82, 2.24) is 0 Å². The largest absolute Gasteiger partial charge is 0.542 e. The summed E-state index contributed by atoms with van der Waals surface area (Å²) in [5.74, 6) is -1.46. The van der Waals surface area contributed by atoms with Crippen molar-refractivity contribution >= 4 is 37.8 Å². The van der Waals surface area contributed by atoms with Gasteiger partial charge in [-0.2, -0.15) is 0 Å². The topological polar surface area (TPSA) is 53.3 Å². The molecule has 5 heteroatoms. The van der Waals surface area contributed by atoms with Gasteiger partial charge in [-0.1, -0.05) is 0 Å². The molecule has 0 aliphatic heterocycles. The third-order valence-corrected chi connectivity index (χ3v) is 3.26. The van der Waals surface area contributed by atoms with Crippen LogP contribution in [0.2, 0.25) is 0 Å². The third-order valence-electron chi connectivity index (χ3n) is 1.22. The van der Waals surface area contributed by atoms with E-state index in [2.05, 4.69) is 31.9 Å². The number of hydrogen-bond acceptors (Lipinski definition) is 3. The average molecular weight is 283 g/mol. The summed E-state index contributed by atoms with van der Waals surface area (Å²) in [5.41, 5.74) is 0.525. The summed E-state index contributed by atoms with van der Waals surface area (Å²) in [5, 5.41) is 10.3. The molecule has 0 unspecified atom stereocenters. The van der Waals surface area contributed by atoms with Crippen LogP contribution in [0.4, 0.5) is 0 Å². The molecule has 0 atom stereocenters. The van der Waals surface area contributed by atoms with Crippen molar-refractivity contribution in [2.45, 2.75) is 6.92 Å². The zero-order valence-corrected chi connectivity index (χ0v) is 8.65. The third kappa shape index (κ3) is 1.49. The van der Waals surface area contributed by atoms with Crippen LogP contribution in [0.25, 0.3) is 0 Å². The molecule has 0 aliphatic carbocycles. The predicted octanol–water partition coefficient (Wildman–Crippen LogP) is 1.48. The fourth-order valence-electron chi connectivity index (χ4n) is 0.653. The first kappa shape index (κ1) is 8.80. The smallest absolute Gasteiger partial charge is 0.184 e. The molecular weight excluding hydrogens is 280 g/mol. The van der Waals surface area contributed by atoms with Gasteiger partial charge in [-0.25, -0.2) is 0 Å². The lowest BCUT2D eigenvalue weighted by Crippen LogP contribution is -2.22. The van der Waals surface area contributed by atoms with E-state index in [0.717, 1.165) is 0 Å². The van der Waals surface area contributed by atoms with Crippen LogP contribution in [-0.4, -0.2) is 5.97 Å². The van der Waals surface area contributed by atoms with Crippen LogP contribution in [0.1, 0.15) is 16.1 Å². The van der Waals surface area contributed by atoms with Crippen molar-refractivity contribution < 1.29 is 14.3 Å². The summed E-state index contributed by atoms with van der Waals surface area (Å²) in [6.45, 7) is 1.63. The van der Waals surface area contributed by atoms with Crippen molar-refractivity contribution in [2.75, 3.05) is 0 Å². The summed E-state index contributed by atoms with van der Waals surface area (Å²) in [6.07, 6.45) is 0. The second-order valence-electron chi connectivity index (χ2n) is 1.93. The van der Waals surface area contributed by atoms with Crippen molar-refractivity contribution in [1.29, 1.82) is 0 Å². The quantitative estimate of drug-likeness (QED) is 0.784. The molecule has 0 aromatic carbocycles. The van der Waals surface area contributed by atoms with Crippen molar-refractivity contribution in [3.05, 3.63) is 20.5 Å². The van der Waals surface area contributed by atoms with Gasteiger partial charge < -0.3 is 14.3 Å². The van der Waals surface area contributed by atoms with E-state index in [-0.39, 0.29) is 5.76 Å². The maximum Gasteiger partial charge on any atom is 0.184 e. The molecule has 0 saturated carbocycles. The summed E-state index contributed by atoms with van der Waals surface area (Å²) in [4.78, 5) is 10.3. The number of hydrogen-bond donors (Lipinski definition) is 0. The minimum Gasteiger partial charge on any atom is -0.542 e. The fraction of sp³-hybridized carbons (Fsp3) is 0.167. The molecule has 0 bridgehead atoms. The minimum absolute atomic E-state index is 0.149. The number of furan rings is 1. The monoisotopic (exact) mass is 281 g/mol. The first-order valence-corrected chi connectivity index (χ1v) is 4.28. The van der Waals surface area contributed by atoms with Gasteiger partial charge in [-0.3, -0.25) is 0 Å². The number of carbonyl (C=O) groups excluding carboxylic acids is 1. The lowest BCUT2D eigenvalue weighted by atomic mass is 10.3. The van der Waals surface area contributed by atoms with Crippen LogP contribution < -0.4 is 5.11 Å². The Morgan fingerprint density at radius 3 is 2.27 bits per heavy atom. The van der Waals surface area contributed by atoms with Gasteiger partial charge in [0.25, 0.3) is 0 Å². The number of carbonyl (C=O) groups is 1. The van der Waals surface area contributed by atoms with Crippen molar-refractivity contribution in [3.8, 4) is 0 Å². The molecule has 1 rings (SSSR count). The predicted molar refractivity (Wildman–Crippen MR) is 43.2 cm³/mol. The SMILES string of the molecule is Cc1c(C(=O)[O-])oc(Br)c1Br. The van der Waals surface area contributed by atoms with Crippen LogP contribution in [0, 0.1) is 6.92 Å². The second kappa shape index (κ2) is 2.98. The number of aromatic carboxylic acids is 1. The molecule has 0 saturated heterocycles. The van der Waals surface area contributed by atoms with E-state index in [1.165, 1.54) is 0 Å². The van der Waals surface area contributed by atoms with Gasteiger partial charge in [-0.15, -0.1) is 0 Å². The van der Waals surface area contributed by atoms with Gasteiger partial charge >= 0.3 is 0 Å². The van der Waals surface area contributed by atoms with Gasteiger partial charge in [-0.05, 0) is 38.8 Å². The van der Waals surface area contributed by atoms with E-state index in [9.17, 15) is 9.90 Å². The molecule has 0 radical (unpaired) electrons. The Morgan fingerprint density at radius 2 is 2.09 bits per heavy atom. The van der Waals surface area contributed by atoms with Crippen molar-refractivity contribution in [3.63, 3.8) is 0 Å². The standard InChI is InChI=1S/C6H4Br2O3/c1-2-3(7)5(8)11-4(2)6(9)10/h1H3,(H,9,10)/p-1. The zero-order valence-electron chi connectivity index (χ0n) is 5.48. The molecular formula is C6H3Br2O3-. The van der Waals surface area contributed by atoms with Crippen molar-refractivity contribution in [2.24, 2.45) is 0 Å². The highest BCUT2D eigenvalue weighted by Gasteiger charge is 2.12. The maximum atomic E-state index is 10.3. The van der Waals surface area contributed by atoms with E-state index in [4.69, 9.17) is 4.42 Å². The van der Waals surface area contributed by atoms with Crippen LogP contribution in [0.3, 0.4) is 0 Å². The Bertz CT molecular complexity index is 303. The van der Waals surface area contributed by atoms with Crippen LogP contribution in [0.5, 0.6) is 0 Å². The van der Waals surface area contributed by atoms with Crippen LogP contribution in [0.15, 0.2) is 13.6 Å². The number of rotatable bonds is 1. The normalized spacial score (nSPS) is 10.1. The van der Waals surface area contributed by atoms with E-state index >= 15 is 0 Å². The Kier molecular flexibility index (Phi) is 2.39. The van der Waals surface area contributed by atoms with E-state index in [1.807, 2.05) is 0 Å². The van der Waals surface area contributed by atoms with Gasteiger partial charge in [0.2, 0.25) is 0 Å². The summed E-state index contributed by atoms with van der Waals surface area (Å²) in [6, 6.07) is 0. The second-order valence-corrected chi connectivity index (χ2v) is 3.44. The highest BCUT2D eigenvalue weighted by atomic mass is 79.9. The van der Waals surface area contributed by atoms with E-state index in [0.29, 0.717) is 14.7 Å². The zero-order chi connectivity index (χ0) is 8.59. The Balaban J connectivity index is 3.29. The fourth-order valence-corrected chi connectivity index (χ4v) is 1.37. The molecule has 0 aliphatic rings. The Hall–Kier alpha value is -0.290. The average Bonchev–Trinajstić information content (AvgIpc) is 2.17. The Morgan fingerprint density at radius 1 is 1.55 bits per heavy atom. The summed E-state index contributed by atoms with van der Waals surface area (Å²) >= 11 is 6.17. The molecule has 3 nitrogen and oxygen atoms in total. The highest BCUT2D eigenvalue weighted by molar-refractivity contribution is 9.13. The summed E-state index contributed by atoms with van der Waals surface area (Å²) < 4.78 is 5.79. The molecule has 1 aromatic rings. The molecule has 1 aromatic heterocycles. The molecule has 0 fully saturated rings. The lowest BCUT2D eigenvalue weighted by Gasteiger charge is -1.96. The Labute approximate surface area is 79.6 Å². The van der Waals surface area contributed by atoms with Gasteiger partial charge in [0.05, 0.1) is 4.47 Å². The van der Waals surface area contributed by atoms with E-state index < -0.39 is 5.97 Å². The van der Waals surface area contributed by atoms with Gasteiger partial charge in [0.15, 0.2) is 10.4 Å². The number of carboxylic acids is 1.